The van der Waals surface area contributed by atoms with Crippen molar-refractivity contribution < 1.29 is 22.1 Å². The van der Waals surface area contributed by atoms with Gasteiger partial charge >= 0.3 is 6.01 Å². The molecule has 1 aliphatic heterocycles. The Hall–Kier alpha value is -3.65. The average molecular weight is 503 g/mol. The van der Waals surface area contributed by atoms with Crippen molar-refractivity contribution >= 4 is 27.2 Å². The summed E-state index contributed by atoms with van der Waals surface area (Å²) in [4.78, 5) is 18.9. The Morgan fingerprint density at radius 1 is 1.20 bits per heavy atom. The van der Waals surface area contributed by atoms with Gasteiger partial charge in [-0.2, -0.15) is 9.97 Å². The van der Waals surface area contributed by atoms with E-state index in [0.29, 0.717) is 48.9 Å². The quantitative estimate of drug-likeness (QED) is 0.414. The molecule has 1 fully saturated rings. The van der Waals surface area contributed by atoms with Crippen molar-refractivity contribution in [2.75, 3.05) is 18.0 Å². The van der Waals surface area contributed by atoms with Gasteiger partial charge < -0.3 is 14.2 Å². The molecule has 0 radical (unpaired) electrons. The second kappa shape index (κ2) is 8.85. The zero-order valence-electron chi connectivity index (χ0n) is 19.0. The molecule has 0 saturated carbocycles. The number of halogens is 1. The highest BCUT2D eigenvalue weighted by molar-refractivity contribution is 7.89. The molecule has 12 nitrogen and oxygen atoms in total. The fourth-order valence-electron chi connectivity index (χ4n) is 3.85. The van der Waals surface area contributed by atoms with Gasteiger partial charge in [0.1, 0.15) is 24.6 Å². The van der Waals surface area contributed by atoms with Crippen LogP contribution in [0.4, 0.5) is 10.4 Å². The minimum Gasteiger partial charge on any atom is -0.473 e. The molecule has 0 aliphatic carbocycles. The van der Waals surface area contributed by atoms with Crippen molar-refractivity contribution in [2.45, 2.75) is 43.6 Å². The van der Waals surface area contributed by atoms with E-state index in [-0.39, 0.29) is 28.5 Å². The Balaban J connectivity index is 1.33. The first-order valence-corrected chi connectivity index (χ1v) is 12.5. The minimum atomic E-state index is -4.03. The second-order valence-electron chi connectivity index (χ2n) is 8.52. The number of primary sulfonamides is 1. The maximum Gasteiger partial charge on any atom is 0.324 e. The zero-order valence-corrected chi connectivity index (χ0v) is 19.8. The summed E-state index contributed by atoms with van der Waals surface area (Å²) < 4.78 is 50.6. The normalized spacial score (nSPS) is 15.3. The summed E-state index contributed by atoms with van der Waals surface area (Å²) in [5.74, 6) is 0.362. The van der Waals surface area contributed by atoms with E-state index < -0.39 is 15.8 Å². The maximum atomic E-state index is 14.7. The zero-order chi connectivity index (χ0) is 24.7. The summed E-state index contributed by atoms with van der Waals surface area (Å²) in [6, 6.07) is 3.89. The third-order valence-electron chi connectivity index (χ3n) is 5.75. The molecule has 35 heavy (non-hydrogen) atoms. The van der Waals surface area contributed by atoms with Crippen LogP contribution in [0.15, 0.2) is 40.3 Å². The van der Waals surface area contributed by atoms with Gasteiger partial charge in [-0.1, -0.05) is 19.0 Å². The SMILES string of the molecule is CC(C)c1noc(N2CCC(Oc3ncnc4c3ncn4-c3ccc(S(N)(=O)=O)cc3F)CC2)n1. The van der Waals surface area contributed by atoms with E-state index in [9.17, 15) is 12.8 Å². The van der Waals surface area contributed by atoms with E-state index in [1.54, 1.807) is 0 Å². The highest BCUT2D eigenvalue weighted by Crippen LogP contribution is 2.28. The van der Waals surface area contributed by atoms with Gasteiger partial charge in [-0.15, -0.1) is 0 Å². The molecule has 0 amide bonds. The van der Waals surface area contributed by atoms with Gasteiger partial charge in [-0.05, 0) is 18.2 Å². The van der Waals surface area contributed by atoms with E-state index in [0.717, 1.165) is 6.07 Å². The van der Waals surface area contributed by atoms with Crippen LogP contribution in [0.3, 0.4) is 0 Å². The van der Waals surface area contributed by atoms with Crippen LogP contribution in [0, 0.1) is 5.82 Å². The first kappa shape index (κ1) is 23.1. The van der Waals surface area contributed by atoms with E-state index in [2.05, 4.69) is 25.1 Å². The molecular formula is C21H23FN8O4S. The van der Waals surface area contributed by atoms with E-state index in [4.69, 9.17) is 14.4 Å². The fourth-order valence-corrected chi connectivity index (χ4v) is 4.37. The van der Waals surface area contributed by atoms with E-state index in [1.165, 1.54) is 29.4 Å². The van der Waals surface area contributed by atoms with Crippen LogP contribution in [0.5, 0.6) is 5.88 Å². The van der Waals surface area contributed by atoms with Gasteiger partial charge in [0.25, 0.3) is 0 Å². The third-order valence-corrected chi connectivity index (χ3v) is 6.66. The molecule has 14 heteroatoms. The van der Waals surface area contributed by atoms with Gasteiger partial charge in [0.05, 0.1) is 10.6 Å². The molecule has 1 aromatic carbocycles. The highest BCUT2D eigenvalue weighted by Gasteiger charge is 2.26. The molecule has 4 aromatic rings. The lowest BCUT2D eigenvalue weighted by Crippen LogP contribution is -2.38. The Bertz CT molecular complexity index is 1480. The summed E-state index contributed by atoms with van der Waals surface area (Å²) in [6.45, 7) is 5.36. The van der Waals surface area contributed by atoms with Gasteiger partial charge in [0, 0.05) is 31.8 Å². The Labute approximate surface area is 200 Å². The maximum absolute atomic E-state index is 14.7. The standard InChI is InChI=1S/C21H23FN8O4S/c1-12(2)18-27-21(34-28-18)29-7-5-13(6-8-29)33-20-17-19(24-10-25-20)30(11-26-17)16-4-3-14(9-15(16)22)35(23,31)32/h3-4,9-13H,5-8H2,1-2H3,(H2,23,31,32). The molecule has 3 aromatic heterocycles. The van der Waals surface area contributed by atoms with Crippen LogP contribution in [-0.4, -0.2) is 57.3 Å². The third kappa shape index (κ3) is 4.53. The molecule has 0 spiro atoms. The van der Waals surface area contributed by atoms with Crippen molar-refractivity contribution in [3.63, 3.8) is 0 Å². The molecule has 4 heterocycles. The molecule has 1 saturated heterocycles. The van der Waals surface area contributed by atoms with E-state index >= 15 is 0 Å². The van der Waals surface area contributed by atoms with Crippen molar-refractivity contribution in [3.05, 3.63) is 42.5 Å². The first-order valence-electron chi connectivity index (χ1n) is 11.0. The summed E-state index contributed by atoms with van der Waals surface area (Å²) in [5.41, 5.74) is 0.753. The number of rotatable bonds is 6. The van der Waals surface area contributed by atoms with Crippen LogP contribution in [-0.2, 0) is 10.0 Å². The second-order valence-corrected chi connectivity index (χ2v) is 10.1. The lowest BCUT2D eigenvalue weighted by molar-refractivity contribution is 0.163. The van der Waals surface area contributed by atoms with Crippen LogP contribution in [0.2, 0.25) is 0 Å². The number of aromatic nitrogens is 6. The molecule has 0 atom stereocenters. The number of hydrogen-bond acceptors (Lipinski definition) is 10. The Morgan fingerprint density at radius 3 is 2.63 bits per heavy atom. The summed E-state index contributed by atoms with van der Waals surface area (Å²) in [5, 5.41) is 9.10. The Morgan fingerprint density at radius 2 is 1.97 bits per heavy atom. The summed E-state index contributed by atoms with van der Waals surface area (Å²) in [6.07, 6.45) is 3.98. The van der Waals surface area contributed by atoms with Gasteiger partial charge in [0.2, 0.25) is 15.9 Å². The van der Waals surface area contributed by atoms with Crippen molar-refractivity contribution in [1.29, 1.82) is 0 Å². The minimum absolute atomic E-state index is 0.0678. The molecular weight excluding hydrogens is 479 g/mol. The first-order chi connectivity index (χ1) is 16.7. The predicted octanol–water partition coefficient (Wildman–Crippen LogP) is 2.16. The number of nitrogens with two attached hydrogens (primary N) is 1. The van der Waals surface area contributed by atoms with Crippen molar-refractivity contribution in [3.8, 4) is 11.6 Å². The lowest BCUT2D eigenvalue weighted by atomic mass is 10.1. The smallest absolute Gasteiger partial charge is 0.324 e. The monoisotopic (exact) mass is 502 g/mol. The Kier molecular flexibility index (Phi) is 5.84. The summed E-state index contributed by atoms with van der Waals surface area (Å²) >= 11 is 0. The van der Waals surface area contributed by atoms with Crippen LogP contribution >= 0.6 is 0 Å². The number of sulfonamides is 1. The number of piperidine rings is 1. The van der Waals surface area contributed by atoms with Crippen LogP contribution < -0.4 is 14.8 Å². The number of fused-ring (bicyclic) bond motifs is 1. The fraction of sp³-hybridized carbons (Fsp3) is 0.381. The van der Waals surface area contributed by atoms with Crippen LogP contribution in [0.25, 0.3) is 16.9 Å². The van der Waals surface area contributed by atoms with Crippen molar-refractivity contribution in [2.24, 2.45) is 5.14 Å². The molecule has 1 aliphatic rings. The number of imidazole rings is 1. The number of nitrogens with zero attached hydrogens (tertiary/aromatic N) is 7. The predicted molar refractivity (Wildman–Crippen MR) is 122 cm³/mol. The molecule has 184 valence electrons. The van der Waals surface area contributed by atoms with Crippen LogP contribution in [0.1, 0.15) is 38.4 Å². The van der Waals surface area contributed by atoms with Gasteiger partial charge in [-0.3, -0.25) is 4.57 Å². The number of hydrogen-bond donors (Lipinski definition) is 1. The average Bonchev–Trinajstić information content (AvgIpc) is 3.47. The molecule has 0 unspecified atom stereocenters. The topological polar surface area (TPSA) is 155 Å². The van der Waals surface area contributed by atoms with Gasteiger partial charge in [-0.25, -0.2) is 27.9 Å². The van der Waals surface area contributed by atoms with E-state index in [1.807, 2.05) is 18.7 Å². The van der Waals surface area contributed by atoms with Gasteiger partial charge in [0.15, 0.2) is 17.0 Å². The highest BCUT2D eigenvalue weighted by atomic mass is 32.2. The molecule has 2 N–H and O–H groups in total. The number of benzene rings is 1. The largest absolute Gasteiger partial charge is 0.473 e. The molecule has 5 rings (SSSR count). The lowest BCUT2D eigenvalue weighted by Gasteiger charge is -2.30. The summed E-state index contributed by atoms with van der Waals surface area (Å²) in [7, 11) is -4.03. The van der Waals surface area contributed by atoms with Crippen molar-refractivity contribution in [1.82, 2.24) is 29.7 Å². The molecule has 0 bridgehead atoms. The number of ether oxygens (including phenoxy) is 1. The number of anilines is 1.